The van der Waals surface area contributed by atoms with Crippen LogP contribution >= 0.6 is 0 Å². The molecule has 1 atom stereocenters. The molecule has 0 aliphatic heterocycles. The number of nitrogens with zero attached hydrogens (tertiary/aromatic N) is 1. The van der Waals surface area contributed by atoms with Crippen LogP contribution in [0, 0.1) is 5.92 Å². The van der Waals surface area contributed by atoms with Crippen molar-refractivity contribution in [1.29, 1.82) is 0 Å². The van der Waals surface area contributed by atoms with E-state index < -0.39 is 5.97 Å². The summed E-state index contributed by atoms with van der Waals surface area (Å²) < 4.78 is 4.74. The van der Waals surface area contributed by atoms with Crippen LogP contribution in [-0.4, -0.2) is 16.2 Å². The molecule has 0 saturated heterocycles. The van der Waals surface area contributed by atoms with E-state index in [2.05, 4.69) is 10.5 Å². The predicted octanol–water partition coefficient (Wildman–Crippen LogP) is 2.55. The molecule has 5 nitrogen and oxygen atoms in total. The summed E-state index contributed by atoms with van der Waals surface area (Å²) in [7, 11) is 0. The Kier molecular flexibility index (Phi) is 4.18. The van der Waals surface area contributed by atoms with Crippen LogP contribution < -0.4 is 5.32 Å². The molecule has 1 heterocycles. The van der Waals surface area contributed by atoms with Gasteiger partial charge in [-0.25, -0.2) is 0 Å². The largest absolute Gasteiger partial charge is 0.481 e. The molecule has 2 N–H and O–H groups in total. The van der Waals surface area contributed by atoms with E-state index in [0.29, 0.717) is 13.0 Å². The summed E-state index contributed by atoms with van der Waals surface area (Å²) in [5, 5.41) is 15.9. The molecule has 0 bridgehead atoms. The zero-order valence-electron chi connectivity index (χ0n) is 10.7. The van der Waals surface area contributed by atoms with Gasteiger partial charge in [0.05, 0.1) is 12.5 Å². The molecule has 1 aromatic carbocycles. The lowest BCUT2D eigenvalue weighted by Gasteiger charge is -2.08. The van der Waals surface area contributed by atoms with E-state index in [9.17, 15) is 4.79 Å². The number of aliphatic carboxylic acids is 1. The topological polar surface area (TPSA) is 75.4 Å². The molecule has 0 radical (unpaired) electrons. The van der Waals surface area contributed by atoms with Gasteiger partial charge in [-0.05, 0) is 24.1 Å². The van der Waals surface area contributed by atoms with Crippen molar-refractivity contribution < 1.29 is 14.4 Å². The number of aromatic nitrogens is 1. The second-order valence-corrected chi connectivity index (χ2v) is 4.48. The van der Waals surface area contributed by atoms with Crippen LogP contribution in [0.5, 0.6) is 0 Å². The summed E-state index contributed by atoms with van der Waals surface area (Å²) in [6.45, 7) is 2.31. The van der Waals surface area contributed by atoms with E-state index in [-0.39, 0.29) is 5.92 Å². The minimum atomic E-state index is -0.770. The first kappa shape index (κ1) is 13.1. The van der Waals surface area contributed by atoms with Gasteiger partial charge in [-0.3, -0.25) is 4.79 Å². The summed E-state index contributed by atoms with van der Waals surface area (Å²) in [5.41, 5.74) is 2.82. The van der Waals surface area contributed by atoms with E-state index in [1.165, 1.54) is 6.26 Å². The fraction of sp³-hybridized carbons (Fsp3) is 0.286. The van der Waals surface area contributed by atoms with Gasteiger partial charge in [-0.2, -0.15) is 0 Å². The monoisotopic (exact) mass is 260 g/mol. The number of carbonyl (C=O) groups is 1. The number of carboxylic acids is 1. The van der Waals surface area contributed by atoms with Crippen molar-refractivity contribution in [3.63, 3.8) is 0 Å². The van der Waals surface area contributed by atoms with Gasteiger partial charge in [-0.15, -0.1) is 0 Å². The molecule has 0 amide bonds. The fourth-order valence-corrected chi connectivity index (χ4v) is 1.72. The minimum absolute atomic E-state index is 0.367. The first-order valence-corrected chi connectivity index (χ1v) is 6.10. The Morgan fingerprint density at radius 2 is 2.11 bits per heavy atom. The molecule has 1 unspecified atom stereocenters. The van der Waals surface area contributed by atoms with Gasteiger partial charge in [0.1, 0.15) is 12.0 Å². The van der Waals surface area contributed by atoms with Gasteiger partial charge in [0.25, 0.3) is 0 Å². The Hall–Kier alpha value is -2.30. The van der Waals surface area contributed by atoms with Crippen molar-refractivity contribution in [1.82, 2.24) is 5.16 Å². The first-order valence-electron chi connectivity index (χ1n) is 6.10. The Balaban J connectivity index is 1.89. The first-order chi connectivity index (χ1) is 9.15. The van der Waals surface area contributed by atoms with Crippen LogP contribution in [0.1, 0.15) is 18.2 Å². The molecule has 5 heteroatoms. The lowest BCUT2D eigenvalue weighted by Crippen LogP contribution is -2.12. The normalized spacial score (nSPS) is 12.1. The SMILES string of the molecule is CC(Cc1ccc(NCc2ccon2)cc1)C(=O)O. The smallest absolute Gasteiger partial charge is 0.306 e. The van der Waals surface area contributed by atoms with Crippen LogP contribution in [-0.2, 0) is 17.8 Å². The number of carboxylic acid groups (broad SMARTS) is 1. The highest BCUT2D eigenvalue weighted by molar-refractivity contribution is 5.69. The lowest BCUT2D eigenvalue weighted by molar-refractivity contribution is -0.141. The van der Waals surface area contributed by atoms with Crippen molar-refractivity contribution in [2.75, 3.05) is 5.32 Å². The summed E-state index contributed by atoms with van der Waals surface area (Å²) in [6.07, 6.45) is 2.08. The molecule has 19 heavy (non-hydrogen) atoms. The minimum Gasteiger partial charge on any atom is -0.481 e. The van der Waals surface area contributed by atoms with E-state index >= 15 is 0 Å². The van der Waals surface area contributed by atoms with E-state index in [1.807, 2.05) is 24.3 Å². The Morgan fingerprint density at radius 1 is 1.37 bits per heavy atom. The van der Waals surface area contributed by atoms with Gasteiger partial charge >= 0.3 is 5.97 Å². The van der Waals surface area contributed by atoms with Crippen LogP contribution in [0.3, 0.4) is 0 Å². The zero-order valence-corrected chi connectivity index (χ0v) is 10.7. The predicted molar refractivity (Wildman–Crippen MR) is 70.8 cm³/mol. The average molecular weight is 260 g/mol. The number of benzene rings is 1. The van der Waals surface area contributed by atoms with Crippen molar-refractivity contribution in [3.05, 3.63) is 47.9 Å². The van der Waals surface area contributed by atoms with Gasteiger partial charge in [0.15, 0.2) is 0 Å². The Morgan fingerprint density at radius 3 is 2.68 bits per heavy atom. The van der Waals surface area contributed by atoms with Crippen LogP contribution in [0.15, 0.2) is 41.1 Å². The zero-order chi connectivity index (χ0) is 13.7. The molecule has 2 aromatic rings. The molecule has 0 aliphatic rings. The summed E-state index contributed by atoms with van der Waals surface area (Å²) >= 11 is 0. The molecular weight excluding hydrogens is 244 g/mol. The molecule has 0 saturated carbocycles. The van der Waals surface area contributed by atoms with Crippen molar-refractivity contribution in [2.45, 2.75) is 19.9 Å². The molecule has 0 fully saturated rings. The van der Waals surface area contributed by atoms with E-state index in [0.717, 1.165) is 16.9 Å². The van der Waals surface area contributed by atoms with Crippen LogP contribution in [0.25, 0.3) is 0 Å². The van der Waals surface area contributed by atoms with Crippen molar-refractivity contribution >= 4 is 11.7 Å². The Bertz CT molecular complexity index is 520. The second kappa shape index (κ2) is 6.04. The van der Waals surface area contributed by atoms with Crippen LogP contribution in [0.2, 0.25) is 0 Å². The maximum atomic E-state index is 10.8. The second-order valence-electron chi connectivity index (χ2n) is 4.48. The molecule has 100 valence electrons. The quantitative estimate of drug-likeness (QED) is 0.834. The average Bonchev–Trinajstić information content (AvgIpc) is 2.91. The highest BCUT2D eigenvalue weighted by atomic mass is 16.5. The Labute approximate surface area is 111 Å². The summed E-state index contributed by atoms with van der Waals surface area (Å²) in [4.78, 5) is 10.8. The molecule has 2 rings (SSSR count). The van der Waals surface area contributed by atoms with E-state index in [4.69, 9.17) is 9.63 Å². The highest BCUT2D eigenvalue weighted by Gasteiger charge is 2.11. The van der Waals surface area contributed by atoms with Crippen molar-refractivity contribution in [2.24, 2.45) is 5.92 Å². The summed E-state index contributed by atoms with van der Waals surface area (Å²) in [5.74, 6) is -1.14. The van der Waals surface area contributed by atoms with Gasteiger partial charge in [0.2, 0.25) is 0 Å². The number of hydrogen-bond acceptors (Lipinski definition) is 4. The third-order valence-electron chi connectivity index (χ3n) is 2.88. The number of rotatable bonds is 6. The molecular formula is C14H16N2O3. The third kappa shape index (κ3) is 3.84. The third-order valence-corrected chi connectivity index (χ3v) is 2.88. The number of nitrogens with one attached hydrogen (secondary N) is 1. The van der Waals surface area contributed by atoms with Crippen molar-refractivity contribution in [3.8, 4) is 0 Å². The maximum Gasteiger partial charge on any atom is 0.306 e. The molecule has 1 aromatic heterocycles. The summed E-state index contributed by atoms with van der Waals surface area (Å²) in [6, 6.07) is 9.54. The standard InChI is InChI=1S/C14H16N2O3/c1-10(14(17)18)8-11-2-4-12(5-3-11)15-9-13-6-7-19-16-13/h2-7,10,15H,8-9H2,1H3,(H,17,18). The maximum absolute atomic E-state index is 10.8. The van der Waals surface area contributed by atoms with Crippen LogP contribution in [0.4, 0.5) is 5.69 Å². The number of anilines is 1. The van der Waals surface area contributed by atoms with Gasteiger partial charge in [-0.1, -0.05) is 24.2 Å². The fourth-order valence-electron chi connectivity index (χ4n) is 1.72. The molecule has 0 spiro atoms. The lowest BCUT2D eigenvalue weighted by atomic mass is 10.0. The van der Waals surface area contributed by atoms with Gasteiger partial charge < -0.3 is 14.9 Å². The van der Waals surface area contributed by atoms with Gasteiger partial charge in [0, 0.05) is 11.8 Å². The molecule has 0 aliphatic carbocycles. The van der Waals surface area contributed by atoms with E-state index in [1.54, 1.807) is 13.0 Å². The number of hydrogen-bond donors (Lipinski definition) is 2. The highest BCUT2D eigenvalue weighted by Crippen LogP contribution is 2.14.